The van der Waals surface area contributed by atoms with Crippen molar-refractivity contribution in [3.8, 4) is 5.69 Å². The topological polar surface area (TPSA) is 114 Å². The van der Waals surface area contributed by atoms with Gasteiger partial charge in [-0.05, 0) is 29.8 Å². The molecule has 0 bridgehead atoms. The van der Waals surface area contributed by atoms with Crippen molar-refractivity contribution in [2.75, 3.05) is 18.1 Å². The molecule has 2 amide bonds. The molecule has 2 N–H and O–H groups in total. The van der Waals surface area contributed by atoms with Gasteiger partial charge in [0.05, 0.1) is 42.8 Å². The summed E-state index contributed by atoms with van der Waals surface area (Å²) in [7, 11) is 0. The average molecular weight is 588 g/mol. The third kappa shape index (κ3) is 5.99. The number of aromatic nitrogens is 2. The van der Waals surface area contributed by atoms with Crippen LogP contribution < -0.4 is 15.6 Å². The number of amides is 2. The lowest BCUT2D eigenvalue weighted by atomic mass is 10.1. The van der Waals surface area contributed by atoms with Crippen LogP contribution in [0.25, 0.3) is 16.7 Å². The second-order valence-electron chi connectivity index (χ2n) is 9.43. The lowest BCUT2D eigenvalue weighted by Crippen LogP contribution is -2.36. The summed E-state index contributed by atoms with van der Waals surface area (Å²) in [5, 5.41) is 12.0. The Hall–Kier alpha value is -4.69. The molecule has 3 heterocycles. The van der Waals surface area contributed by atoms with Crippen molar-refractivity contribution >= 4 is 28.7 Å². The Balaban J connectivity index is 1.62. The molecule has 2 unspecified atom stereocenters. The third-order valence-electron chi connectivity index (χ3n) is 6.55. The molecule has 4 aromatic rings. The average Bonchev–Trinajstić information content (AvgIpc) is 3.29. The Morgan fingerprint density at radius 2 is 1.83 bits per heavy atom. The predicted octanol–water partition coefficient (Wildman–Crippen LogP) is 3.77. The molecule has 2 aromatic heterocycles. The number of aliphatic hydroxyl groups excluding tert-OH is 1. The summed E-state index contributed by atoms with van der Waals surface area (Å²) in [5.41, 5.74) is -1.73. The van der Waals surface area contributed by atoms with Gasteiger partial charge in [0.15, 0.2) is 5.65 Å². The number of fused-ring (bicyclic) bond motifs is 1. The van der Waals surface area contributed by atoms with Crippen LogP contribution in [0.1, 0.15) is 28.4 Å². The fraction of sp³-hybridized carbons (Fsp3) is 0.214. The fourth-order valence-electron chi connectivity index (χ4n) is 4.60. The normalized spacial score (nSPS) is 16.2. The van der Waals surface area contributed by atoms with Gasteiger partial charge in [-0.15, -0.1) is 13.2 Å². The van der Waals surface area contributed by atoms with Gasteiger partial charge >= 0.3 is 6.36 Å². The minimum atomic E-state index is -5.00. The number of alkyl halides is 3. The lowest BCUT2D eigenvalue weighted by molar-refractivity contribution is -0.326. The smallest absolute Gasteiger partial charge is 0.391 e. The summed E-state index contributed by atoms with van der Waals surface area (Å²) in [6.07, 6.45) is -5.17. The number of hydrogen-bond donors (Lipinski definition) is 2. The molecular formula is C28H21F5N4O5. The number of β-amino-alcohol motifs (C(OH)–C–C–N with tert-alkyl or cyclic N) is 1. The van der Waals surface area contributed by atoms with E-state index in [4.69, 9.17) is 0 Å². The molecule has 2 atom stereocenters. The number of ether oxygens (including phenoxy) is 1. The number of aliphatic hydroxyl groups is 1. The molecule has 1 aliphatic rings. The molecule has 2 aromatic carbocycles. The molecule has 14 heteroatoms. The fourth-order valence-corrected chi connectivity index (χ4v) is 4.60. The number of nitrogens with one attached hydrogen (secondary N) is 1. The van der Waals surface area contributed by atoms with E-state index < -0.39 is 59.6 Å². The maximum absolute atomic E-state index is 15.0. The van der Waals surface area contributed by atoms with Crippen LogP contribution in [0.5, 0.6) is 0 Å². The highest BCUT2D eigenvalue weighted by Crippen LogP contribution is 2.26. The van der Waals surface area contributed by atoms with E-state index in [1.165, 1.54) is 41.3 Å². The highest BCUT2D eigenvalue weighted by Gasteiger charge is 2.33. The first kappa shape index (κ1) is 28.8. The Morgan fingerprint density at radius 3 is 2.48 bits per heavy atom. The first-order valence-corrected chi connectivity index (χ1v) is 12.5. The Labute approximate surface area is 233 Å². The van der Waals surface area contributed by atoms with Gasteiger partial charge in [0.25, 0.3) is 5.91 Å². The van der Waals surface area contributed by atoms with E-state index in [-0.39, 0.29) is 41.1 Å². The third-order valence-corrected chi connectivity index (χ3v) is 6.55. The molecule has 218 valence electrons. The monoisotopic (exact) mass is 588 g/mol. The summed E-state index contributed by atoms with van der Waals surface area (Å²) < 4.78 is 72.1. The number of rotatable bonds is 7. The van der Waals surface area contributed by atoms with Gasteiger partial charge in [0, 0.05) is 12.3 Å². The molecule has 1 aliphatic heterocycles. The van der Waals surface area contributed by atoms with Crippen LogP contribution in [0.15, 0.2) is 71.7 Å². The van der Waals surface area contributed by atoms with Crippen molar-refractivity contribution in [1.82, 2.24) is 14.9 Å². The van der Waals surface area contributed by atoms with E-state index in [1.54, 1.807) is 6.07 Å². The Bertz CT molecular complexity index is 1730. The zero-order valence-electron chi connectivity index (χ0n) is 21.4. The van der Waals surface area contributed by atoms with Crippen molar-refractivity contribution < 1.29 is 41.4 Å². The van der Waals surface area contributed by atoms with Crippen molar-refractivity contribution in [2.24, 2.45) is 0 Å². The van der Waals surface area contributed by atoms with E-state index in [9.17, 15) is 41.4 Å². The van der Waals surface area contributed by atoms with Crippen LogP contribution in [-0.2, 0) is 9.53 Å². The van der Waals surface area contributed by atoms with Crippen molar-refractivity contribution in [3.05, 3.63) is 99.8 Å². The molecule has 42 heavy (non-hydrogen) atoms. The number of carbonyl (C=O) groups is 2. The molecule has 5 rings (SSSR count). The molecular weight excluding hydrogens is 567 g/mol. The standard InChI is InChI=1S/C28H21F5N4O5/c29-16-6-8-22(20(30)10-16)36-13-19(27(41)34-21(14-42-28(31,32)33)15-4-2-1-3-5-15)25(40)18-7-9-23(35-26(18)36)37-12-17(38)11-24(37)39/h1-10,13,17,21,38H,11-12,14H2,(H,34,41). The molecule has 1 saturated heterocycles. The minimum absolute atomic E-state index is 0.0327. The molecule has 9 nitrogen and oxygen atoms in total. The summed E-state index contributed by atoms with van der Waals surface area (Å²) in [6.45, 7) is -1.08. The summed E-state index contributed by atoms with van der Waals surface area (Å²) in [6, 6.07) is 11.4. The first-order chi connectivity index (χ1) is 19.9. The summed E-state index contributed by atoms with van der Waals surface area (Å²) in [5.74, 6) is -3.49. The minimum Gasteiger partial charge on any atom is -0.391 e. The van der Waals surface area contributed by atoms with Crippen LogP contribution in [0, 0.1) is 11.6 Å². The Kier molecular flexibility index (Phi) is 7.75. The second-order valence-corrected chi connectivity index (χ2v) is 9.43. The quantitative estimate of drug-likeness (QED) is 0.318. The van der Waals surface area contributed by atoms with Gasteiger partial charge in [0.2, 0.25) is 11.3 Å². The van der Waals surface area contributed by atoms with E-state index in [0.29, 0.717) is 6.07 Å². The highest BCUT2D eigenvalue weighted by atomic mass is 19.4. The highest BCUT2D eigenvalue weighted by molar-refractivity contribution is 5.99. The molecule has 0 saturated carbocycles. The Morgan fingerprint density at radius 1 is 1.10 bits per heavy atom. The number of pyridine rings is 2. The van der Waals surface area contributed by atoms with E-state index >= 15 is 0 Å². The SMILES string of the molecule is O=C(NC(COC(F)(F)F)c1ccccc1)c1cn(-c2ccc(F)cc2F)c2nc(N3CC(O)CC3=O)ccc2c1=O. The van der Waals surface area contributed by atoms with Crippen LogP contribution in [0.3, 0.4) is 0 Å². The van der Waals surface area contributed by atoms with Crippen molar-refractivity contribution in [2.45, 2.75) is 24.9 Å². The first-order valence-electron chi connectivity index (χ1n) is 12.5. The maximum atomic E-state index is 15.0. The van der Waals surface area contributed by atoms with Gasteiger partial charge in [-0.3, -0.25) is 28.6 Å². The zero-order chi connectivity index (χ0) is 30.2. The largest absolute Gasteiger partial charge is 0.522 e. The van der Waals surface area contributed by atoms with Crippen molar-refractivity contribution in [1.29, 1.82) is 0 Å². The van der Waals surface area contributed by atoms with Crippen LogP contribution in [0.4, 0.5) is 27.8 Å². The number of halogens is 5. The van der Waals surface area contributed by atoms with Gasteiger partial charge in [-0.1, -0.05) is 30.3 Å². The van der Waals surface area contributed by atoms with Gasteiger partial charge in [-0.2, -0.15) is 0 Å². The predicted molar refractivity (Wildman–Crippen MR) is 139 cm³/mol. The van der Waals surface area contributed by atoms with Crippen molar-refractivity contribution in [3.63, 3.8) is 0 Å². The summed E-state index contributed by atoms with van der Waals surface area (Å²) >= 11 is 0. The van der Waals surface area contributed by atoms with E-state index in [1.807, 2.05) is 0 Å². The molecule has 0 spiro atoms. The number of benzene rings is 2. The van der Waals surface area contributed by atoms with E-state index in [2.05, 4.69) is 15.0 Å². The van der Waals surface area contributed by atoms with Crippen LogP contribution in [-0.4, -0.2) is 52.1 Å². The maximum Gasteiger partial charge on any atom is 0.522 e. The van der Waals surface area contributed by atoms with Crippen LogP contribution in [0.2, 0.25) is 0 Å². The number of hydrogen-bond acceptors (Lipinski definition) is 6. The van der Waals surface area contributed by atoms with Gasteiger partial charge < -0.3 is 10.4 Å². The summed E-state index contributed by atoms with van der Waals surface area (Å²) in [4.78, 5) is 44.7. The molecule has 0 radical (unpaired) electrons. The van der Waals surface area contributed by atoms with Gasteiger partial charge in [-0.25, -0.2) is 13.8 Å². The van der Waals surface area contributed by atoms with Crippen LogP contribution >= 0.6 is 0 Å². The lowest BCUT2D eigenvalue weighted by Gasteiger charge is -2.21. The number of anilines is 1. The molecule has 1 fully saturated rings. The molecule has 0 aliphatic carbocycles. The van der Waals surface area contributed by atoms with Gasteiger partial charge in [0.1, 0.15) is 23.0 Å². The van der Waals surface area contributed by atoms with E-state index in [0.717, 1.165) is 22.9 Å². The number of carbonyl (C=O) groups excluding carboxylic acids is 2. The zero-order valence-corrected chi connectivity index (χ0v) is 21.4. The number of nitrogens with zero attached hydrogens (tertiary/aromatic N) is 3. The second kappa shape index (κ2) is 11.3.